The maximum Gasteiger partial charge on any atom is 0.243 e. The number of nitrogens with one attached hydrogen (secondary N) is 3. The van der Waals surface area contributed by atoms with Gasteiger partial charge in [-0.05, 0) is 24.6 Å². The molecule has 0 unspecified atom stereocenters. The van der Waals surface area contributed by atoms with Crippen molar-refractivity contribution in [2.45, 2.75) is 27.7 Å². The summed E-state index contributed by atoms with van der Waals surface area (Å²) in [6, 6.07) is 5.25. The van der Waals surface area contributed by atoms with E-state index in [1.54, 1.807) is 18.2 Å². The minimum absolute atomic E-state index is 0.117. The number of carbonyl (C=O) groups excluding carboxylic acids is 3. The Morgan fingerprint density at radius 2 is 1.74 bits per heavy atom. The second-order valence-corrected chi connectivity index (χ2v) is 6.26. The maximum absolute atomic E-state index is 12.0. The molecule has 7 nitrogen and oxygen atoms in total. The van der Waals surface area contributed by atoms with Gasteiger partial charge in [0.05, 0.1) is 13.1 Å². The third kappa shape index (κ3) is 6.07. The van der Waals surface area contributed by atoms with Gasteiger partial charge in [-0.2, -0.15) is 0 Å². The van der Waals surface area contributed by atoms with Crippen LogP contribution in [-0.4, -0.2) is 30.8 Å². The van der Waals surface area contributed by atoms with Gasteiger partial charge in [-0.1, -0.05) is 26.8 Å². The highest BCUT2D eigenvalue weighted by Gasteiger charge is 2.21. The molecule has 3 amide bonds. The average Bonchev–Trinajstić information content (AvgIpc) is 2.47. The number of hydrogen-bond acceptors (Lipinski definition) is 4. The fraction of sp³-hybridized carbons (Fsp3) is 0.438. The van der Waals surface area contributed by atoms with Crippen molar-refractivity contribution in [2.75, 3.05) is 23.7 Å². The van der Waals surface area contributed by atoms with Crippen molar-refractivity contribution in [1.82, 2.24) is 5.32 Å². The van der Waals surface area contributed by atoms with Gasteiger partial charge < -0.3 is 21.7 Å². The lowest BCUT2D eigenvalue weighted by atomic mass is 9.95. The molecule has 1 rings (SSSR count). The zero-order valence-corrected chi connectivity index (χ0v) is 13.9. The zero-order chi connectivity index (χ0) is 17.6. The van der Waals surface area contributed by atoms with Gasteiger partial charge in [-0.25, -0.2) is 0 Å². The van der Waals surface area contributed by atoms with Crippen molar-refractivity contribution in [3.05, 3.63) is 23.8 Å². The molecule has 1 aromatic rings. The number of carbonyl (C=O) groups is 3. The number of anilines is 2. The SMILES string of the molecule is Cc1ccc(NC(=O)C(C)(C)C)cc1NC(=O)CNC(=O)CN. The number of aryl methyl sites for hydroxylation is 1. The van der Waals surface area contributed by atoms with E-state index < -0.39 is 11.3 Å². The lowest BCUT2D eigenvalue weighted by Gasteiger charge is -2.18. The quantitative estimate of drug-likeness (QED) is 0.648. The van der Waals surface area contributed by atoms with E-state index in [-0.39, 0.29) is 24.9 Å². The second-order valence-electron chi connectivity index (χ2n) is 6.26. The van der Waals surface area contributed by atoms with Crippen LogP contribution in [0.5, 0.6) is 0 Å². The smallest absolute Gasteiger partial charge is 0.243 e. The first kappa shape index (κ1) is 18.6. The number of nitrogens with two attached hydrogens (primary N) is 1. The van der Waals surface area contributed by atoms with Crippen molar-refractivity contribution >= 4 is 29.1 Å². The molecule has 23 heavy (non-hydrogen) atoms. The topological polar surface area (TPSA) is 113 Å². The minimum Gasteiger partial charge on any atom is -0.346 e. The molecule has 1 aromatic carbocycles. The summed E-state index contributed by atoms with van der Waals surface area (Å²) >= 11 is 0. The predicted octanol–water partition coefficient (Wildman–Crippen LogP) is 0.993. The highest BCUT2D eigenvalue weighted by atomic mass is 16.2. The normalized spacial score (nSPS) is 10.8. The van der Waals surface area contributed by atoms with E-state index >= 15 is 0 Å². The molecule has 0 aliphatic rings. The third-order valence-electron chi connectivity index (χ3n) is 3.08. The minimum atomic E-state index is -0.513. The maximum atomic E-state index is 12.0. The largest absolute Gasteiger partial charge is 0.346 e. The standard InChI is InChI=1S/C16H24N4O3/c1-10-5-6-11(19-15(23)16(2,3)4)7-12(10)20-14(22)9-18-13(21)8-17/h5-7H,8-9,17H2,1-4H3,(H,18,21)(H,19,23)(H,20,22). The highest BCUT2D eigenvalue weighted by Crippen LogP contribution is 2.22. The summed E-state index contributed by atoms with van der Waals surface area (Å²) in [5, 5.41) is 7.89. The van der Waals surface area contributed by atoms with Crippen molar-refractivity contribution in [3.63, 3.8) is 0 Å². The molecule has 0 fully saturated rings. The molecule has 0 saturated heterocycles. The molecule has 0 aromatic heterocycles. The number of amides is 3. The van der Waals surface area contributed by atoms with Gasteiger partial charge >= 0.3 is 0 Å². The van der Waals surface area contributed by atoms with Crippen LogP contribution in [0.25, 0.3) is 0 Å². The summed E-state index contributed by atoms with van der Waals surface area (Å²) in [6.07, 6.45) is 0. The summed E-state index contributed by atoms with van der Waals surface area (Å²) in [6.45, 7) is 6.97. The third-order valence-corrected chi connectivity index (χ3v) is 3.08. The van der Waals surface area contributed by atoms with Crippen LogP contribution in [0.15, 0.2) is 18.2 Å². The highest BCUT2D eigenvalue weighted by molar-refractivity contribution is 5.98. The molecule has 0 bridgehead atoms. The molecule has 0 radical (unpaired) electrons. The second kappa shape index (κ2) is 7.73. The van der Waals surface area contributed by atoms with E-state index in [9.17, 15) is 14.4 Å². The Morgan fingerprint density at radius 1 is 1.09 bits per heavy atom. The van der Waals surface area contributed by atoms with Crippen LogP contribution in [0.3, 0.4) is 0 Å². The molecule has 0 saturated carbocycles. The van der Waals surface area contributed by atoms with Gasteiger partial charge in [0.2, 0.25) is 17.7 Å². The summed E-state index contributed by atoms with van der Waals surface area (Å²) in [5.74, 6) is -0.883. The molecular formula is C16H24N4O3. The van der Waals surface area contributed by atoms with E-state index in [0.29, 0.717) is 11.4 Å². The van der Waals surface area contributed by atoms with Crippen LogP contribution in [0.1, 0.15) is 26.3 Å². The Kier molecular flexibility index (Phi) is 6.27. The van der Waals surface area contributed by atoms with Crippen molar-refractivity contribution < 1.29 is 14.4 Å². The average molecular weight is 320 g/mol. The fourth-order valence-corrected chi connectivity index (χ4v) is 1.60. The monoisotopic (exact) mass is 320 g/mol. The van der Waals surface area contributed by atoms with Crippen molar-refractivity contribution in [1.29, 1.82) is 0 Å². The molecule has 0 aliphatic carbocycles. The fourth-order valence-electron chi connectivity index (χ4n) is 1.60. The van der Waals surface area contributed by atoms with Crippen LogP contribution in [-0.2, 0) is 14.4 Å². The van der Waals surface area contributed by atoms with E-state index in [0.717, 1.165) is 5.56 Å². The van der Waals surface area contributed by atoms with Gasteiger partial charge in [-0.3, -0.25) is 14.4 Å². The lowest BCUT2D eigenvalue weighted by molar-refractivity contribution is -0.123. The van der Waals surface area contributed by atoms with E-state index in [2.05, 4.69) is 16.0 Å². The van der Waals surface area contributed by atoms with Gasteiger partial charge in [-0.15, -0.1) is 0 Å². The van der Waals surface area contributed by atoms with Gasteiger partial charge in [0.1, 0.15) is 0 Å². The van der Waals surface area contributed by atoms with E-state index in [1.807, 2.05) is 27.7 Å². The summed E-state index contributed by atoms with van der Waals surface area (Å²) in [5.41, 5.74) is 6.65. The summed E-state index contributed by atoms with van der Waals surface area (Å²) in [4.78, 5) is 34.9. The Hall–Kier alpha value is -2.41. The van der Waals surface area contributed by atoms with Crippen LogP contribution >= 0.6 is 0 Å². The summed E-state index contributed by atoms with van der Waals surface area (Å²) < 4.78 is 0. The molecule has 0 aliphatic heterocycles. The molecule has 0 heterocycles. The van der Waals surface area contributed by atoms with Gasteiger partial charge in [0, 0.05) is 16.8 Å². The van der Waals surface area contributed by atoms with E-state index in [1.165, 1.54) is 0 Å². The molecule has 7 heteroatoms. The molecule has 0 spiro atoms. The van der Waals surface area contributed by atoms with Crippen LogP contribution in [0.4, 0.5) is 11.4 Å². The Bertz CT molecular complexity index is 606. The molecular weight excluding hydrogens is 296 g/mol. The lowest BCUT2D eigenvalue weighted by Crippen LogP contribution is -2.36. The van der Waals surface area contributed by atoms with Crippen LogP contribution in [0, 0.1) is 12.3 Å². The van der Waals surface area contributed by atoms with E-state index in [4.69, 9.17) is 5.73 Å². The van der Waals surface area contributed by atoms with Crippen LogP contribution < -0.4 is 21.7 Å². The molecule has 0 atom stereocenters. The molecule has 5 N–H and O–H groups in total. The first-order valence-corrected chi connectivity index (χ1v) is 7.32. The number of hydrogen-bond donors (Lipinski definition) is 4. The van der Waals surface area contributed by atoms with Crippen LogP contribution in [0.2, 0.25) is 0 Å². The Balaban J connectivity index is 2.76. The number of benzene rings is 1. The van der Waals surface area contributed by atoms with Gasteiger partial charge in [0.25, 0.3) is 0 Å². The van der Waals surface area contributed by atoms with Crippen molar-refractivity contribution in [2.24, 2.45) is 11.1 Å². The predicted molar refractivity (Wildman–Crippen MR) is 90.0 cm³/mol. The van der Waals surface area contributed by atoms with Crippen molar-refractivity contribution in [3.8, 4) is 0 Å². The molecule has 126 valence electrons. The van der Waals surface area contributed by atoms with Gasteiger partial charge in [0.15, 0.2) is 0 Å². The zero-order valence-electron chi connectivity index (χ0n) is 13.9. The number of rotatable bonds is 5. The Labute approximate surface area is 136 Å². The summed E-state index contributed by atoms with van der Waals surface area (Å²) in [7, 11) is 0. The Morgan fingerprint density at radius 3 is 2.30 bits per heavy atom. The first-order chi connectivity index (χ1) is 10.6. The first-order valence-electron chi connectivity index (χ1n) is 7.32.